The summed E-state index contributed by atoms with van der Waals surface area (Å²) in [5, 5.41) is 0.590. The van der Waals surface area contributed by atoms with E-state index < -0.39 is 11.2 Å². The lowest BCUT2D eigenvalue weighted by molar-refractivity contribution is 1.05. The van der Waals surface area contributed by atoms with Crippen LogP contribution in [0.4, 0.5) is 0 Å². The van der Waals surface area contributed by atoms with Gasteiger partial charge in [0.1, 0.15) is 0 Å². The second-order valence-corrected chi connectivity index (χ2v) is 4.97. The van der Waals surface area contributed by atoms with Gasteiger partial charge < -0.3 is 4.98 Å². The highest BCUT2D eigenvalue weighted by molar-refractivity contribution is 6.30. The molecule has 3 rings (SSSR count). The average Bonchev–Trinajstić information content (AvgIpc) is 2.48. The predicted molar refractivity (Wildman–Crippen MR) is 83.6 cm³/mol. The number of H-pyrrole nitrogens is 2. The van der Waals surface area contributed by atoms with Gasteiger partial charge in [-0.15, -0.1) is 0 Å². The Hall–Kier alpha value is -2.59. The topological polar surface area (TPSA) is 65.7 Å². The Labute approximate surface area is 125 Å². The second-order valence-electron chi connectivity index (χ2n) is 4.53. The van der Waals surface area contributed by atoms with Gasteiger partial charge in [0.15, 0.2) is 0 Å². The molecule has 0 unspecified atom stereocenters. The van der Waals surface area contributed by atoms with Gasteiger partial charge in [-0.3, -0.25) is 9.78 Å². The smallest absolute Gasteiger partial charge is 0.306 e. The van der Waals surface area contributed by atoms with Crippen LogP contribution >= 0.6 is 11.6 Å². The van der Waals surface area contributed by atoms with Crippen LogP contribution in [0.1, 0.15) is 0 Å². The predicted octanol–water partition coefficient (Wildman–Crippen LogP) is 3.05. The molecule has 0 fully saturated rings. The molecule has 0 aliphatic carbocycles. The number of benzene rings is 2. The van der Waals surface area contributed by atoms with Crippen LogP contribution in [0.2, 0.25) is 5.02 Å². The second kappa shape index (κ2) is 5.42. The SMILES string of the molecule is O=c1[nH]c(-c2ccc(Cl)cc2)c(-c2ccccc2)c(=O)[nH]1. The molecule has 0 aliphatic rings. The quantitative estimate of drug-likeness (QED) is 0.763. The summed E-state index contributed by atoms with van der Waals surface area (Å²) in [6, 6.07) is 16.1. The largest absolute Gasteiger partial charge is 0.326 e. The summed E-state index contributed by atoms with van der Waals surface area (Å²) >= 11 is 5.88. The molecular formula is C16H11ClN2O2. The van der Waals surface area contributed by atoms with Crippen molar-refractivity contribution in [1.82, 2.24) is 9.97 Å². The van der Waals surface area contributed by atoms with Crippen LogP contribution in [0.3, 0.4) is 0 Å². The van der Waals surface area contributed by atoms with E-state index in [1.807, 2.05) is 30.3 Å². The number of rotatable bonds is 2. The first-order chi connectivity index (χ1) is 10.1. The van der Waals surface area contributed by atoms with Gasteiger partial charge >= 0.3 is 5.69 Å². The third-order valence-corrected chi connectivity index (χ3v) is 3.39. The summed E-state index contributed by atoms with van der Waals surface area (Å²) in [6.45, 7) is 0. The Morgan fingerprint density at radius 2 is 1.43 bits per heavy atom. The van der Waals surface area contributed by atoms with E-state index in [1.165, 1.54) is 0 Å². The Kier molecular flexibility index (Phi) is 3.46. The van der Waals surface area contributed by atoms with Gasteiger partial charge in [0, 0.05) is 5.02 Å². The van der Waals surface area contributed by atoms with E-state index in [1.54, 1.807) is 24.3 Å². The van der Waals surface area contributed by atoms with Crippen LogP contribution in [-0.4, -0.2) is 9.97 Å². The fourth-order valence-electron chi connectivity index (χ4n) is 2.20. The standard InChI is InChI=1S/C16H11ClN2O2/c17-12-8-6-11(7-9-12)14-13(10-4-2-1-3-5-10)15(20)19-16(21)18-14/h1-9H,(H2,18,19,20,21). The van der Waals surface area contributed by atoms with E-state index in [4.69, 9.17) is 11.6 Å². The lowest BCUT2D eigenvalue weighted by atomic mass is 10.0. The van der Waals surface area contributed by atoms with E-state index in [2.05, 4.69) is 9.97 Å². The molecule has 104 valence electrons. The Morgan fingerprint density at radius 1 is 0.762 bits per heavy atom. The van der Waals surface area contributed by atoms with Crippen LogP contribution in [0.15, 0.2) is 64.2 Å². The van der Waals surface area contributed by atoms with E-state index in [0.29, 0.717) is 16.3 Å². The zero-order valence-electron chi connectivity index (χ0n) is 10.9. The number of hydrogen-bond donors (Lipinski definition) is 2. The maximum absolute atomic E-state index is 12.2. The first-order valence-corrected chi connectivity index (χ1v) is 6.71. The monoisotopic (exact) mass is 298 g/mol. The zero-order chi connectivity index (χ0) is 14.8. The van der Waals surface area contributed by atoms with E-state index in [-0.39, 0.29) is 0 Å². The number of aromatic amines is 2. The lowest BCUT2D eigenvalue weighted by Gasteiger charge is -2.08. The Balaban J connectivity index is 2.32. The van der Waals surface area contributed by atoms with Gasteiger partial charge in [0.2, 0.25) is 0 Å². The molecule has 2 N–H and O–H groups in total. The molecule has 0 bridgehead atoms. The average molecular weight is 299 g/mol. The molecule has 0 saturated heterocycles. The van der Waals surface area contributed by atoms with Crippen molar-refractivity contribution in [1.29, 1.82) is 0 Å². The minimum atomic E-state index is -0.537. The summed E-state index contributed by atoms with van der Waals surface area (Å²) in [7, 11) is 0. The molecule has 0 amide bonds. The first-order valence-electron chi connectivity index (χ1n) is 6.33. The fraction of sp³-hybridized carbons (Fsp3) is 0. The highest BCUT2D eigenvalue weighted by atomic mass is 35.5. The minimum Gasteiger partial charge on any atom is -0.306 e. The number of nitrogens with one attached hydrogen (secondary N) is 2. The van der Waals surface area contributed by atoms with Gasteiger partial charge in [-0.05, 0) is 23.3 Å². The van der Waals surface area contributed by atoms with Gasteiger partial charge in [-0.25, -0.2) is 4.79 Å². The van der Waals surface area contributed by atoms with Gasteiger partial charge in [-0.1, -0.05) is 54.1 Å². The molecular weight excluding hydrogens is 288 g/mol. The molecule has 0 aliphatic heterocycles. The third kappa shape index (κ3) is 2.66. The Bertz CT molecular complexity index is 881. The van der Waals surface area contributed by atoms with Crippen molar-refractivity contribution in [3.05, 3.63) is 80.5 Å². The van der Waals surface area contributed by atoms with Crippen LogP contribution in [0.25, 0.3) is 22.4 Å². The Morgan fingerprint density at radius 3 is 2.10 bits per heavy atom. The van der Waals surface area contributed by atoms with E-state index in [0.717, 1.165) is 11.1 Å². The van der Waals surface area contributed by atoms with Crippen molar-refractivity contribution in [3.63, 3.8) is 0 Å². The molecule has 0 radical (unpaired) electrons. The van der Waals surface area contributed by atoms with Crippen molar-refractivity contribution in [2.45, 2.75) is 0 Å². The minimum absolute atomic E-state index is 0.421. The summed E-state index contributed by atoms with van der Waals surface area (Å²) in [6.07, 6.45) is 0. The van der Waals surface area contributed by atoms with Gasteiger partial charge in [0.25, 0.3) is 5.56 Å². The molecule has 3 aromatic rings. The highest BCUT2D eigenvalue weighted by Crippen LogP contribution is 2.27. The molecule has 2 aromatic carbocycles. The zero-order valence-corrected chi connectivity index (χ0v) is 11.6. The maximum Gasteiger partial charge on any atom is 0.326 e. The molecule has 1 heterocycles. The summed E-state index contributed by atoms with van der Waals surface area (Å²) in [5.74, 6) is 0. The van der Waals surface area contributed by atoms with Crippen LogP contribution in [0.5, 0.6) is 0 Å². The van der Waals surface area contributed by atoms with Gasteiger partial charge in [0.05, 0.1) is 11.3 Å². The van der Waals surface area contributed by atoms with Crippen molar-refractivity contribution in [3.8, 4) is 22.4 Å². The molecule has 0 atom stereocenters. The van der Waals surface area contributed by atoms with Crippen molar-refractivity contribution in [2.24, 2.45) is 0 Å². The number of hydrogen-bond acceptors (Lipinski definition) is 2. The van der Waals surface area contributed by atoms with Crippen molar-refractivity contribution in [2.75, 3.05) is 0 Å². The number of halogens is 1. The fourth-order valence-corrected chi connectivity index (χ4v) is 2.33. The molecule has 0 saturated carbocycles. The normalized spacial score (nSPS) is 10.5. The van der Waals surface area contributed by atoms with Crippen LogP contribution < -0.4 is 11.2 Å². The van der Waals surface area contributed by atoms with E-state index >= 15 is 0 Å². The number of aromatic nitrogens is 2. The summed E-state index contributed by atoms with van der Waals surface area (Å²) < 4.78 is 0. The summed E-state index contributed by atoms with van der Waals surface area (Å²) in [4.78, 5) is 28.8. The van der Waals surface area contributed by atoms with Gasteiger partial charge in [-0.2, -0.15) is 0 Å². The summed E-state index contributed by atoms with van der Waals surface area (Å²) in [5.41, 5.74) is 1.41. The molecule has 1 aromatic heterocycles. The molecule has 4 nitrogen and oxygen atoms in total. The third-order valence-electron chi connectivity index (χ3n) is 3.14. The van der Waals surface area contributed by atoms with Crippen LogP contribution in [-0.2, 0) is 0 Å². The van der Waals surface area contributed by atoms with Crippen molar-refractivity contribution >= 4 is 11.6 Å². The maximum atomic E-state index is 12.2. The van der Waals surface area contributed by atoms with E-state index in [9.17, 15) is 9.59 Å². The van der Waals surface area contributed by atoms with Crippen LogP contribution in [0, 0.1) is 0 Å². The molecule has 5 heteroatoms. The first kappa shape index (κ1) is 13.4. The highest BCUT2D eigenvalue weighted by Gasteiger charge is 2.13. The molecule has 21 heavy (non-hydrogen) atoms. The lowest BCUT2D eigenvalue weighted by Crippen LogP contribution is -2.24. The molecule has 0 spiro atoms. The van der Waals surface area contributed by atoms with Crippen molar-refractivity contribution < 1.29 is 0 Å².